The highest BCUT2D eigenvalue weighted by Crippen LogP contribution is 2.27. The fraction of sp³-hybridized carbons (Fsp3) is 0.211. The molecule has 1 atom stereocenters. The second-order valence-corrected chi connectivity index (χ2v) is 5.14. The van der Waals surface area contributed by atoms with E-state index in [9.17, 15) is 4.79 Å². The lowest BCUT2D eigenvalue weighted by Gasteiger charge is -2.15. The van der Waals surface area contributed by atoms with Gasteiger partial charge in [0, 0.05) is 11.5 Å². The molecule has 0 aromatic heterocycles. The molecule has 1 N–H and O–H groups in total. The first-order valence-corrected chi connectivity index (χ1v) is 7.17. The molecule has 0 aliphatic heterocycles. The van der Waals surface area contributed by atoms with Gasteiger partial charge in [0.2, 0.25) is 0 Å². The lowest BCUT2D eigenvalue weighted by atomic mass is 9.89. The average Bonchev–Trinajstić information content (AvgIpc) is 2.53. The topological polar surface area (TPSA) is 37.3 Å². The standard InChI is InChI=1S/C19H20O2/c1-3-15-9-11-17(12-10-15)18(13-14(2)19(20)21)16-7-5-4-6-8-16/h4-13,18H,3H2,1-2H3,(H,20,21). The van der Waals surface area contributed by atoms with E-state index in [1.807, 2.05) is 36.4 Å². The van der Waals surface area contributed by atoms with Crippen molar-refractivity contribution in [1.82, 2.24) is 0 Å². The fourth-order valence-electron chi connectivity index (χ4n) is 2.33. The minimum absolute atomic E-state index is 0.0341. The minimum atomic E-state index is -0.874. The Balaban J connectivity index is 2.44. The third-order valence-corrected chi connectivity index (χ3v) is 3.66. The van der Waals surface area contributed by atoms with Gasteiger partial charge in [0.05, 0.1) is 0 Å². The first kappa shape index (κ1) is 15.0. The Hall–Kier alpha value is -2.35. The van der Waals surface area contributed by atoms with Gasteiger partial charge in [-0.2, -0.15) is 0 Å². The van der Waals surface area contributed by atoms with Crippen molar-refractivity contribution < 1.29 is 9.90 Å². The summed E-state index contributed by atoms with van der Waals surface area (Å²) in [5, 5.41) is 9.14. The van der Waals surface area contributed by atoms with Crippen LogP contribution in [-0.4, -0.2) is 11.1 Å². The summed E-state index contributed by atoms with van der Waals surface area (Å²) in [6.45, 7) is 3.76. The van der Waals surface area contributed by atoms with Crippen LogP contribution in [0.5, 0.6) is 0 Å². The summed E-state index contributed by atoms with van der Waals surface area (Å²) in [6.07, 6.45) is 2.82. The molecule has 21 heavy (non-hydrogen) atoms. The molecule has 0 saturated heterocycles. The van der Waals surface area contributed by atoms with Gasteiger partial charge in [0.25, 0.3) is 0 Å². The van der Waals surface area contributed by atoms with Gasteiger partial charge in [0.15, 0.2) is 0 Å². The van der Waals surface area contributed by atoms with Crippen LogP contribution in [0.3, 0.4) is 0 Å². The Morgan fingerprint density at radius 2 is 1.62 bits per heavy atom. The second kappa shape index (κ2) is 6.89. The van der Waals surface area contributed by atoms with Gasteiger partial charge >= 0.3 is 5.97 Å². The first-order valence-electron chi connectivity index (χ1n) is 7.17. The molecule has 2 nitrogen and oxygen atoms in total. The molecular formula is C19H20O2. The zero-order valence-corrected chi connectivity index (χ0v) is 12.4. The molecule has 0 aliphatic carbocycles. The molecule has 0 amide bonds. The third-order valence-electron chi connectivity index (χ3n) is 3.66. The lowest BCUT2D eigenvalue weighted by Crippen LogP contribution is -2.03. The third kappa shape index (κ3) is 3.82. The molecule has 0 fully saturated rings. The Labute approximate surface area is 125 Å². The minimum Gasteiger partial charge on any atom is -0.478 e. The summed E-state index contributed by atoms with van der Waals surface area (Å²) < 4.78 is 0. The Morgan fingerprint density at radius 3 is 2.14 bits per heavy atom. The van der Waals surface area contributed by atoms with E-state index in [1.54, 1.807) is 6.92 Å². The van der Waals surface area contributed by atoms with E-state index >= 15 is 0 Å². The van der Waals surface area contributed by atoms with Gasteiger partial charge < -0.3 is 5.11 Å². The van der Waals surface area contributed by atoms with E-state index in [1.165, 1.54) is 5.56 Å². The number of rotatable bonds is 5. The van der Waals surface area contributed by atoms with E-state index in [0.717, 1.165) is 17.5 Å². The van der Waals surface area contributed by atoms with Crippen LogP contribution in [0.15, 0.2) is 66.2 Å². The van der Waals surface area contributed by atoms with Gasteiger partial charge in [-0.1, -0.05) is 67.6 Å². The van der Waals surface area contributed by atoms with Crippen LogP contribution in [0, 0.1) is 0 Å². The summed E-state index contributed by atoms with van der Waals surface area (Å²) >= 11 is 0. The molecule has 2 aromatic rings. The van der Waals surface area contributed by atoms with Crippen LogP contribution in [0.1, 0.15) is 36.5 Å². The number of hydrogen-bond acceptors (Lipinski definition) is 1. The highest BCUT2D eigenvalue weighted by molar-refractivity contribution is 5.86. The van der Waals surface area contributed by atoms with Crippen LogP contribution in [0.4, 0.5) is 0 Å². The maximum atomic E-state index is 11.1. The van der Waals surface area contributed by atoms with Crippen LogP contribution < -0.4 is 0 Å². The van der Waals surface area contributed by atoms with Gasteiger partial charge in [-0.25, -0.2) is 4.79 Å². The van der Waals surface area contributed by atoms with Crippen molar-refractivity contribution in [3.8, 4) is 0 Å². The van der Waals surface area contributed by atoms with E-state index in [0.29, 0.717) is 5.57 Å². The smallest absolute Gasteiger partial charge is 0.330 e. The monoisotopic (exact) mass is 280 g/mol. The van der Waals surface area contributed by atoms with Crippen molar-refractivity contribution in [2.24, 2.45) is 0 Å². The SMILES string of the molecule is CCc1ccc(C(C=C(C)C(=O)O)c2ccccc2)cc1. The summed E-state index contributed by atoms with van der Waals surface area (Å²) in [4.78, 5) is 11.1. The average molecular weight is 280 g/mol. The van der Waals surface area contributed by atoms with Gasteiger partial charge in [0.1, 0.15) is 0 Å². The number of allylic oxidation sites excluding steroid dienone is 1. The number of carbonyl (C=O) groups is 1. The number of aryl methyl sites for hydroxylation is 1. The summed E-state index contributed by atoms with van der Waals surface area (Å²) in [5.41, 5.74) is 3.86. The molecule has 2 heteroatoms. The molecule has 0 heterocycles. The predicted octanol–water partition coefficient (Wildman–Crippen LogP) is 4.41. The first-order chi connectivity index (χ1) is 10.1. The molecule has 108 valence electrons. The van der Waals surface area contributed by atoms with Crippen molar-refractivity contribution in [1.29, 1.82) is 0 Å². The normalized spacial score (nSPS) is 13.0. The van der Waals surface area contributed by atoms with Crippen molar-refractivity contribution in [3.63, 3.8) is 0 Å². The van der Waals surface area contributed by atoms with E-state index in [2.05, 4.69) is 31.2 Å². The Morgan fingerprint density at radius 1 is 1.05 bits per heavy atom. The molecule has 2 rings (SSSR count). The number of hydrogen-bond donors (Lipinski definition) is 1. The van der Waals surface area contributed by atoms with Crippen molar-refractivity contribution in [2.75, 3.05) is 0 Å². The largest absolute Gasteiger partial charge is 0.478 e. The molecule has 0 radical (unpaired) electrons. The molecule has 1 unspecified atom stereocenters. The summed E-state index contributed by atoms with van der Waals surface area (Å²) in [7, 11) is 0. The number of carboxylic acid groups (broad SMARTS) is 1. The Kier molecular flexibility index (Phi) is 4.94. The highest BCUT2D eigenvalue weighted by atomic mass is 16.4. The van der Waals surface area contributed by atoms with Crippen LogP contribution in [-0.2, 0) is 11.2 Å². The molecular weight excluding hydrogens is 260 g/mol. The van der Waals surface area contributed by atoms with E-state index in [-0.39, 0.29) is 5.92 Å². The highest BCUT2D eigenvalue weighted by Gasteiger charge is 2.13. The van der Waals surface area contributed by atoms with E-state index < -0.39 is 5.97 Å². The summed E-state index contributed by atoms with van der Waals surface area (Å²) in [6, 6.07) is 18.4. The Bertz CT molecular complexity index is 624. The van der Waals surface area contributed by atoms with Crippen LogP contribution >= 0.6 is 0 Å². The van der Waals surface area contributed by atoms with Gasteiger partial charge in [-0.15, -0.1) is 0 Å². The van der Waals surface area contributed by atoms with Gasteiger partial charge in [-0.3, -0.25) is 0 Å². The molecule has 2 aromatic carbocycles. The van der Waals surface area contributed by atoms with Crippen molar-refractivity contribution >= 4 is 5.97 Å². The number of carboxylic acids is 1. The maximum Gasteiger partial charge on any atom is 0.330 e. The second-order valence-electron chi connectivity index (χ2n) is 5.14. The van der Waals surface area contributed by atoms with Crippen LogP contribution in [0.25, 0.3) is 0 Å². The summed E-state index contributed by atoms with van der Waals surface area (Å²) in [5.74, 6) is -0.908. The van der Waals surface area contributed by atoms with Gasteiger partial charge in [-0.05, 0) is 30.0 Å². The molecule has 0 spiro atoms. The fourth-order valence-corrected chi connectivity index (χ4v) is 2.33. The van der Waals surface area contributed by atoms with E-state index in [4.69, 9.17) is 5.11 Å². The quantitative estimate of drug-likeness (QED) is 0.824. The molecule has 0 bridgehead atoms. The molecule has 0 saturated carbocycles. The molecule has 0 aliphatic rings. The zero-order chi connectivity index (χ0) is 15.2. The van der Waals surface area contributed by atoms with Crippen LogP contribution in [0.2, 0.25) is 0 Å². The maximum absolute atomic E-state index is 11.1. The van der Waals surface area contributed by atoms with Crippen molar-refractivity contribution in [3.05, 3.63) is 82.9 Å². The van der Waals surface area contributed by atoms with Crippen molar-refractivity contribution in [2.45, 2.75) is 26.2 Å². The zero-order valence-electron chi connectivity index (χ0n) is 12.4. The number of benzene rings is 2. The number of aliphatic carboxylic acids is 1. The predicted molar refractivity (Wildman–Crippen MR) is 85.5 cm³/mol. The lowest BCUT2D eigenvalue weighted by molar-refractivity contribution is -0.132.